The number of hydrogen-bond acceptors (Lipinski definition) is 1. The van der Waals surface area contributed by atoms with Crippen LogP contribution in [0.5, 0.6) is 0 Å². The van der Waals surface area contributed by atoms with E-state index in [0.29, 0.717) is 12.3 Å². The van der Waals surface area contributed by atoms with E-state index in [-0.39, 0.29) is 0 Å². The van der Waals surface area contributed by atoms with Crippen molar-refractivity contribution in [3.8, 4) is 12.3 Å². The van der Waals surface area contributed by atoms with Gasteiger partial charge in [0.1, 0.15) is 0 Å². The number of terminal acetylenes is 1. The van der Waals surface area contributed by atoms with Crippen LogP contribution in [-0.4, -0.2) is 10.7 Å². The largest absolute Gasteiger partial charge is 0.389 e. The van der Waals surface area contributed by atoms with Crippen molar-refractivity contribution in [3.05, 3.63) is 0 Å². The lowest BCUT2D eigenvalue weighted by atomic mass is 9.76. The van der Waals surface area contributed by atoms with Crippen molar-refractivity contribution >= 4 is 0 Å². The molecule has 1 N–H and O–H groups in total. The summed E-state index contributed by atoms with van der Waals surface area (Å²) >= 11 is 0. The predicted octanol–water partition coefficient (Wildman–Crippen LogP) is 2.34. The minimum absolute atomic E-state index is 0.433. The van der Waals surface area contributed by atoms with Gasteiger partial charge in [-0.2, -0.15) is 0 Å². The van der Waals surface area contributed by atoms with E-state index < -0.39 is 5.60 Å². The van der Waals surface area contributed by atoms with E-state index in [9.17, 15) is 5.11 Å². The molecule has 1 rings (SSSR count). The zero-order chi connectivity index (χ0) is 9.03. The molecule has 12 heavy (non-hydrogen) atoms. The lowest BCUT2D eigenvalue weighted by Crippen LogP contribution is -2.35. The van der Waals surface area contributed by atoms with E-state index in [4.69, 9.17) is 6.42 Å². The summed E-state index contributed by atoms with van der Waals surface area (Å²) in [5.41, 5.74) is -0.616. The van der Waals surface area contributed by atoms with Crippen LogP contribution in [0.25, 0.3) is 0 Å². The van der Waals surface area contributed by atoms with Crippen molar-refractivity contribution in [1.29, 1.82) is 0 Å². The Morgan fingerprint density at radius 3 is 2.50 bits per heavy atom. The lowest BCUT2D eigenvalue weighted by Gasteiger charge is -2.34. The van der Waals surface area contributed by atoms with Crippen LogP contribution in [0, 0.1) is 18.3 Å². The highest BCUT2D eigenvalue weighted by Gasteiger charge is 2.31. The van der Waals surface area contributed by atoms with Crippen molar-refractivity contribution in [2.45, 2.75) is 51.0 Å². The molecule has 1 atom stereocenters. The van der Waals surface area contributed by atoms with Crippen molar-refractivity contribution in [2.75, 3.05) is 0 Å². The first kappa shape index (κ1) is 9.61. The smallest absolute Gasteiger partial charge is 0.0756 e. The molecule has 1 saturated carbocycles. The second kappa shape index (κ2) is 3.96. The SMILES string of the molecule is C#CC[C@@](C)(O)C1CCCCC1. The minimum atomic E-state index is -0.616. The molecule has 0 aliphatic heterocycles. The first-order chi connectivity index (χ1) is 5.67. The van der Waals surface area contributed by atoms with Gasteiger partial charge in [0.15, 0.2) is 0 Å². The highest BCUT2D eigenvalue weighted by Crippen LogP contribution is 2.34. The van der Waals surface area contributed by atoms with E-state index in [2.05, 4.69) is 5.92 Å². The van der Waals surface area contributed by atoms with Crippen molar-refractivity contribution in [3.63, 3.8) is 0 Å². The molecule has 0 radical (unpaired) electrons. The fourth-order valence-corrected chi connectivity index (χ4v) is 2.08. The summed E-state index contributed by atoms with van der Waals surface area (Å²) in [7, 11) is 0. The van der Waals surface area contributed by atoms with Crippen LogP contribution in [0.4, 0.5) is 0 Å². The molecule has 68 valence electrons. The Balaban J connectivity index is 2.48. The molecule has 0 aromatic heterocycles. The van der Waals surface area contributed by atoms with Gasteiger partial charge >= 0.3 is 0 Å². The van der Waals surface area contributed by atoms with Gasteiger partial charge < -0.3 is 5.11 Å². The zero-order valence-electron chi connectivity index (χ0n) is 7.84. The Morgan fingerprint density at radius 2 is 2.00 bits per heavy atom. The fourth-order valence-electron chi connectivity index (χ4n) is 2.08. The second-order valence-corrected chi connectivity index (χ2v) is 4.07. The summed E-state index contributed by atoms with van der Waals surface area (Å²) < 4.78 is 0. The van der Waals surface area contributed by atoms with Gasteiger partial charge in [-0.1, -0.05) is 19.3 Å². The highest BCUT2D eigenvalue weighted by atomic mass is 16.3. The monoisotopic (exact) mass is 166 g/mol. The van der Waals surface area contributed by atoms with Gasteiger partial charge in [0, 0.05) is 6.42 Å². The van der Waals surface area contributed by atoms with Gasteiger partial charge in [0.2, 0.25) is 0 Å². The average molecular weight is 166 g/mol. The molecule has 1 heteroatoms. The maximum atomic E-state index is 10.00. The molecular weight excluding hydrogens is 148 g/mol. The minimum Gasteiger partial charge on any atom is -0.389 e. The third kappa shape index (κ3) is 2.25. The van der Waals surface area contributed by atoms with Crippen LogP contribution in [0.3, 0.4) is 0 Å². The third-order valence-corrected chi connectivity index (χ3v) is 2.94. The summed E-state index contributed by atoms with van der Waals surface area (Å²) in [5, 5.41) is 10.00. The van der Waals surface area contributed by atoms with E-state index in [1.807, 2.05) is 6.92 Å². The van der Waals surface area contributed by atoms with Gasteiger partial charge in [0.05, 0.1) is 5.60 Å². The van der Waals surface area contributed by atoms with Gasteiger partial charge in [-0.3, -0.25) is 0 Å². The highest BCUT2D eigenvalue weighted by molar-refractivity contribution is 4.96. The summed E-state index contributed by atoms with van der Waals surface area (Å²) in [6, 6.07) is 0. The molecule has 0 spiro atoms. The van der Waals surface area contributed by atoms with Crippen molar-refractivity contribution < 1.29 is 5.11 Å². The molecular formula is C11H18O. The zero-order valence-corrected chi connectivity index (χ0v) is 7.84. The molecule has 1 aliphatic carbocycles. The summed E-state index contributed by atoms with van der Waals surface area (Å²) in [6.07, 6.45) is 11.8. The first-order valence-corrected chi connectivity index (χ1v) is 4.82. The first-order valence-electron chi connectivity index (χ1n) is 4.82. The second-order valence-electron chi connectivity index (χ2n) is 4.07. The van der Waals surface area contributed by atoms with Crippen LogP contribution in [-0.2, 0) is 0 Å². The van der Waals surface area contributed by atoms with Gasteiger partial charge in [-0.25, -0.2) is 0 Å². The molecule has 0 heterocycles. The number of rotatable bonds is 2. The Labute approximate surface area is 75.2 Å². The molecule has 0 aromatic rings. The summed E-state index contributed by atoms with van der Waals surface area (Å²) in [6.45, 7) is 1.88. The topological polar surface area (TPSA) is 20.2 Å². The van der Waals surface area contributed by atoms with Crippen LogP contribution < -0.4 is 0 Å². The Morgan fingerprint density at radius 1 is 1.42 bits per heavy atom. The van der Waals surface area contributed by atoms with Crippen LogP contribution in [0.1, 0.15) is 45.4 Å². The molecule has 0 aromatic carbocycles. The van der Waals surface area contributed by atoms with Gasteiger partial charge in [0.25, 0.3) is 0 Å². The van der Waals surface area contributed by atoms with Crippen LogP contribution >= 0.6 is 0 Å². The predicted molar refractivity (Wildman–Crippen MR) is 50.6 cm³/mol. The van der Waals surface area contributed by atoms with E-state index >= 15 is 0 Å². The lowest BCUT2D eigenvalue weighted by molar-refractivity contribution is -0.0118. The summed E-state index contributed by atoms with van der Waals surface area (Å²) in [4.78, 5) is 0. The fraction of sp³-hybridized carbons (Fsp3) is 0.818. The van der Waals surface area contributed by atoms with Gasteiger partial charge in [-0.15, -0.1) is 12.3 Å². The normalized spacial score (nSPS) is 24.4. The molecule has 1 nitrogen and oxygen atoms in total. The standard InChI is InChI=1S/C11H18O/c1-3-9-11(2,12)10-7-5-4-6-8-10/h1,10,12H,4-9H2,2H3/t11-/m1/s1. The van der Waals surface area contributed by atoms with Crippen LogP contribution in [0.2, 0.25) is 0 Å². The molecule has 0 bridgehead atoms. The molecule has 0 unspecified atom stereocenters. The van der Waals surface area contributed by atoms with Crippen molar-refractivity contribution in [1.82, 2.24) is 0 Å². The van der Waals surface area contributed by atoms with E-state index in [1.165, 1.54) is 19.3 Å². The Kier molecular flexibility index (Phi) is 3.17. The Bertz CT molecular complexity index is 170. The van der Waals surface area contributed by atoms with E-state index in [0.717, 1.165) is 12.8 Å². The van der Waals surface area contributed by atoms with Crippen molar-refractivity contribution in [2.24, 2.45) is 5.92 Å². The average Bonchev–Trinajstić information content (AvgIpc) is 2.06. The molecule has 0 amide bonds. The molecule has 0 saturated heterocycles. The molecule has 1 fully saturated rings. The quantitative estimate of drug-likeness (QED) is 0.624. The maximum Gasteiger partial charge on any atom is 0.0756 e. The third-order valence-electron chi connectivity index (χ3n) is 2.94. The number of hydrogen-bond donors (Lipinski definition) is 1. The van der Waals surface area contributed by atoms with E-state index in [1.54, 1.807) is 0 Å². The molecule has 1 aliphatic rings. The Hall–Kier alpha value is -0.480. The van der Waals surface area contributed by atoms with Crippen LogP contribution in [0.15, 0.2) is 0 Å². The summed E-state index contributed by atoms with van der Waals surface area (Å²) in [5.74, 6) is 2.99. The number of aliphatic hydroxyl groups is 1. The van der Waals surface area contributed by atoms with Gasteiger partial charge in [-0.05, 0) is 25.7 Å². The maximum absolute atomic E-state index is 10.00.